The zero-order valence-electron chi connectivity index (χ0n) is 14.0. The van der Waals surface area contributed by atoms with E-state index in [1.54, 1.807) is 13.0 Å². The van der Waals surface area contributed by atoms with E-state index < -0.39 is 5.97 Å². The first-order valence-electron chi connectivity index (χ1n) is 8.01. The van der Waals surface area contributed by atoms with E-state index in [2.05, 4.69) is 4.98 Å². The van der Waals surface area contributed by atoms with Gasteiger partial charge in [0.2, 0.25) is 0 Å². The highest BCUT2D eigenvalue weighted by Crippen LogP contribution is 2.45. The van der Waals surface area contributed by atoms with Gasteiger partial charge in [0.05, 0.1) is 29.4 Å². The van der Waals surface area contributed by atoms with Crippen LogP contribution >= 0.6 is 11.6 Å². The second-order valence-corrected chi connectivity index (χ2v) is 5.81. The van der Waals surface area contributed by atoms with Crippen molar-refractivity contribution in [3.8, 4) is 11.5 Å². The van der Waals surface area contributed by atoms with Gasteiger partial charge in [0.15, 0.2) is 17.6 Å². The maximum atomic E-state index is 12.0. The molecule has 0 saturated carbocycles. The minimum Gasteiger partial charge on any atom is -0.484 e. The zero-order valence-corrected chi connectivity index (χ0v) is 14.8. The molecule has 0 amide bonds. The summed E-state index contributed by atoms with van der Waals surface area (Å²) in [4.78, 5) is 16.3. The van der Waals surface area contributed by atoms with Crippen molar-refractivity contribution in [1.29, 1.82) is 0 Å². The van der Waals surface area contributed by atoms with Crippen molar-refractivity contribution in [2.75, 3.05) is 32.2 Å². The monoisotopic (exact) mass is 366 g/mol. The fraction of sp³-hybridized carbons (Fsp3) is 0.412. The van der Waals surface area contributed by atoms with Crippen LogP contribution in [0.5, 0.6) is 11.5 Å². The normalized spacial score (nSPS) is 16.0. The molecule has 0 radical (unpaired) electrons. The quantitative estimate of drug-likeness (QED) is 0.813. The molecule has 134 valence electrons. The highest BCUT2D eigenvalue weighted by Gasteiger charge is 2.27. The Labute approximate surface area is 150 Å². The average Bonchev–Trinajstić information content (AvgIpc) is 2.60. The van der Waals surface area contributed by atoms with E-state index in [0.717, 1.165) is 0 Å². The predicted octanol–water partition coefficient (Wildman–Crippen LogP) is 2.82. The molecule has 0 saturated heterocycles. The Morgan fingerprint density at radius 2 is 2.24 bits per heavy atom. The van der Waals surface area contributed by atoms with Crippen LogP contribution in [0.3, 0.4) is 0 Å². The topological polar surface area (TPSA) is 92.9 Å². The molecule has 2 aromatic rings. The molecule has 2 N–H and O–H groups in total. The molecule has 0 aliphatic carbocycles. The molecule has 1 atom stereocenters. The van der Waals surface area contributed by atoms with Crippen molar-refractivity contribution in [3.05, 3.63) is 22.8 Å². The number of rotatable bonds is 5. The lowest BCUT2D eigenvalue weighted by atomic mass is 10.1. The highest BCUT2D eigenvalue weighted by molar-refractivity contribution is 6.38. The van der Waals surface area contributed by atoms with Gasteiger partial charge in [-0.25, -0.2) is 4.79 Å². The first kappa shape index (κ1) is 17.6. The van der Waals surface area contributed by atoms with Crippen LogP contribution in [0.25, 0.3) is 10.9 Å². The van der Waals surface area contributed by atoms with Gasteiger partial charge < -0.3 is 24.7 Å². The van der Waals surface area contributed by atoms with Crippen LogP contribution in [0.1, 0.15) is 24.2 Å². The summed E-state index contributed by atoms with van der Waals surface area (Å²) in [6.45, 7) is 5.20. The summed E-state index contributed by atoms with van der Waals surface area (Å²) in [5, 5.41) is 0.705. The van der Waals surface area contributed by atoms with Crippen LogP contribution in [0.15, 0.2) is 12.3 Å². The van der Waals surface area contributed by atoms with E-state index in [-0.39, 0.29) is 29.0 Å². The van der Waals surface area contributed by atoms with Crippen molar-refractivity contribution >= 4 is 34.2 Å². The van der Waals surface area contributed by atoms with Crippen LogP contribution < -0.4 is 15.2 Å². The summed E-state index contributed by atoms with van der Waals surface area (Å²) in [5.41, 5.74) is 7.02. The van der Waals surface area contributed by atoms with Gasteiger partial charge in [-0.05, 0) is 13.8 Å². The van der Waals surface area contributed by atoms with Gasteiger partial charge in [-0.2, -0.15) is 0 Å². The Kier molecular flexibility index (Phi) is 5.15. The van der Waals surface area contributed by atoms with Gasteiger partial charge in [-0.1, -0.05) is 11.6 Å². The Balaban J connectivity index is 2.03. The molecule has 0 fully saturated rings. The van der Waals surface area contributed by atoms with Crippen molar-refractivity contribution in [2.24, 2.45) is 0 Å². The first-order valence-corrected chi connectivity index (χ1v) is 8.39. The number of halogens is 1. The van der Waals surface area contributed by atoms with Crippen LogP contribution in [-0.4, -0.2) is 43.5 Å². The minimum absolute atomic E-state index is 0.169. The van der Waals surface area contributed by atoms with Gasteiger partial charge in [0, 0.05) is 24.3 Å². The largest absolute Gasteiger partial charge is 0.484 e. The zero-order chi connectivity index (χ0) is 18.0. The molecule has 1 unspecified atom stereocenters. The fourth-order valence-corrected chi connectivity index (χ4v) is 2.95. The standard InChI is InChI=1S/C17H19ClN2O5/c1-3-22-7-9-8-24-16-12(25-9)5-11-13(14(16)18)15(19)10(6-20-11)17(21)23-4-2/h5-6,9H,3-4,7-8H2,1-2H3,(H2,19,20). The molecule has 3 rings (SSSR count). The summed E-state index contributed by atoms with van der Waals surface area (Å²) >= 11 is 6.46. The van der Waals surface area contributed by atoms with Gasteiger partial charge in [0.25, 0.3) is 0 Å². The van der Waals surface area contributed by atoms with Crippen molar-refractivity contribution in [2.45, 2.75) is 20.0 Å². The summed E-state index contributed by atoms with van der Waals surface area (Å²) in [5.74, 6) is 0.317. The number of nitrogen functional groups attached to an aromatic ring is 1. The SMILES string of the molecule is CCOCC1COc2c(cc3ncc(C(=O)OCC)c(N)c3c2Cl)O1. The molecule has 7 nitrogen and oxygen atoms in total. The second-order valence-electron chi connectivity index (χ2n) is 5.43. The number of fused-ring (bicyclic) bond motifs is 2. The Morgan fingerprint density at radius 1 is 1.44 bits per heavy atom. The summed E-state index contributed by atoms with van der Waals surface area (Å²) in [6.07, 6.45) is 1.15. The highest BCUT2D eigenvalue weighted by atomic mass is 35.5. The molecule has 1 aliphatic rings. The predicted molar refractivity (Wildman–Crippen MR) is 93.5 cm³/mol. The Hall–Kier alpha value is -2.25. The van der Waals surface area contributed by atoms with Gasteiger partial charge in [0.1, 0.15) is 12.2 Å². The number of benzene rings is 1. The van der Waals surface area contributed by atoms with Crippen LogP contribution in [-0.2, 0) is 9.47 Å². The number of carbonyl (C=O) groups excluding carboxylic acids is 1. The number of aromatic nitrogens is 1. The molecule has 25 heavy (non-hydrogen) atoms. The molecule has 1 aliphatic heterocycles. The van der Waals surface area contributed by atoms with Crippen LogP contribution in [0.4, 0.5) is 5.69 Å². The first-order chi connectivity index (χ1) is 12.1. The summed E-state index contributed by atoms with van der Waals surface area (Å²) in [6, 6.07) is 1.69. The van der Waals surface area contributed by atoms with E-state index in [9.17, 15) is 4.79 Å². The number of ether oxygens (including phenoxy) is 4. The van der Waals surface area contributed by atoms with Crippen LogP contribution in [0.2, 0.25) is 5.02 Å². The number of nitrogens with two attached hydrogens (primary N) is 1. The summed E-state index contributed by atoms with van der Waals surface area (Å²) in [7, 11) is 0. The third-order valence-electron chi connectivity index (χ3n) is 3.77. The number of carbonyl (C=O) groups is 1. The number of nitrogens with zero attached hydrogens (tertiary/aromatic N) is 1. The third kappa shape index (κ3) is 3.29. The van der Waals surface area contributed by atoms with Crippen LogP contribution in [0, 0.1) is 0 Å². The van der Waals surface area contributed by atoms with E-state index in [0.29, 0.717) is 42.2 Å². The van der Waals surface area contributed by atoms with Crippen molar-refractivity contribution < 1.29 is 23.7 Å². The van der Waals surface area contributed by atoms with E-state index in [4.69, 9.17) is 36.3 Å². The number of hydrogen-bond donors (Lipinski definition) is 1. The molecular formula is C17H19ClN2O5. The number of anilines is 1. The molecule has 1 aromatic heterocycles. The second kappa shape index (κ2) is 7.33. The van der Waals surface area contributed by atoms with E-state index >= 15 is 0 Å². The maximum absolute atomic E-state index is 12.0. The lowest BCUT2D eigenvalue weighted by molar-refractivity contribution is 0.0130. The minimum atomic E-state index is -0.544. The van der Waals surface area contributed by atoms with Crippen molar-refractivity contribution in [1.82, 2.24) is 4.98 Å². The van der Waals surface area contributed by atoms with E-state index in [1.165, 1.54) is 6.20 Å². The molecule has 1 aromatic carbocycles. The Morgan fingerprint density at radius 3 is 2.96 bits per heavy atom. The van der Waals surface area contributed by atoms with Gasteiger partial charge in [-0.15, -0.1) is 0 Å². The molecular weight excluding hydrogens is 348 g/mol. The van der Waals surface area contributed by atoms with E-state index in [1.807, 2.05) is 6.92 Å². The molecule has 8 heteroatoms. The fourth-order valence-electron chi connectivity index (χ4n) is 2.61. The lowest BCUT2D eigenvalue weighted by Gasteiger charge is -2.27. The average molecular weight is 367 g/mol. The lowest BCUT2D eigenvalue weighted by Crippen LogP contribution is -2.33. The maximum Gasteiger partial charge on any atom is 0.341 e. The smallest absolute Gasteiger partial charge is 0.341 e. The number of pyridine rings is 1. The van der Waals surface area contributed by atoms with Gasteiger partial charge in [-0.3, -0.25) is 4.98 Å². The van der Waals surface area contributed by atoms with Gasteiger partial charge >= 0.3 is 5.97 Å². The molecule has 0 bridgehead atoms. The summed E-state index contributed by atoms with van der Waals surface area (Å²) < 4.78 is 22.0. The molecule has 2 heterocycles. The number of hydrogen-bond acceptors (Lipinski definition) is 7. The molecule has 0 spiro atoms. The number of esters is 1. The van der Waals surface area contributed by atoms with Crippen molar-refractivity contribution in [3.63, 3.8) is 0 Å². The third-order valence-corrected chi connectivity index (χ3v) is 4.13. The Bertz CT molecular complexity index is 811.